The highest BCUT2D eigenvalue weighted by Crippen LogP contribution is 2.24. The monoisotopic (exact) mass is 314 g/mol. The van der Waals surface area contributed by atoms with Gasteiger partial charge in [0.25, 0.3) is 0 Å². The quantitative estimate of drug-likeness (QED) is 0.821. The van der Waals surface area contributed by atoms with Gasteiger partial charge in [0.15, 0.2) is 0 Å². The Morgan fingerprint density at radius 2 is 1.78 bits per heavy atom. The molecule has 0 atom stereocenters. The highest BCUT2D eigenvalue weighted by Gasteiger charge is 2.07. The smallest absolute Gasteiger partial charge is 0.243 e. The van der Waals surface area contributed by atoms with Crippen LogP contribution in [0.15, 0.2) is 48.5 Å². The van der Waals surface area contributed by atoms with E-state index in [1.165, 1.54) is 0 Å². The zero-order chi connectivity index (χ0) is 16.7. The Bertz CT molecular complexity index is 639. The molecule has 0 unspecified atom stereocenters. The van der Waals surface area contributed by atoms with E-state index in [2.05, 4.69) is 10.6 Å². The van der Waals surface area contributed by atoms with Crippen molar-refractivity contribution in [1.82, 2.24) is 0 Å². The second-order valence-electron chi connectivity index (χ2n) is 5.29. The number of carbonyl (C=O) groups is 1. The summed E-state index contributed by atoms with van der Waals surface area (Å²) in [4.78, 5) is 12.0. The number of ether oxygens (including phenoxy) is 2. The van der Waals surface area contributed by atoms with Crippen LogP contribution in [0.3, 0.4) is 0 Å². The summed E-state index contributed by atoms with van der Waals surface area (Å²) in [6.07, 6.45) is 0.0751. The van der Waals surface area contributed by atoms with Crippen molar-refractivity contribution in [2.75, 3.05) is 24.3 Å². The van der Waals surface area contributed by atoms with Gasteiger partial charge in [-0.25, -0.2) is 0 Å². The topological polar surface area (TPSA) is 59.6 Å². The van der Waals surface area contributed by atoms with Crippen LogP contribution in [0.2, 0.25) is 0 Å². The first-order valence-corrected chi connectivity index (χ1v) is 7.52. The van der Waals surface area contributed by atoms with Gasteiger partial charge >= 0.3 is 0 Å². The number of nitrogens with one attached hydrogen (secondary N) is 2. The Kier molecular flexibility index (Phi) is 5.86. The van der Waals surface area contributed by atoms with Crippen LogP contribution in [0.25, 0.3) is 0 Å². The molecule has 2 N–H and O–H groups in total. The van der Waals surface area contributed by atoms with E-state index in [1.54, 1.807) is 31.4 Å². The first-order valence-electron chi connectivity index (χ1n) is 7.52. The van der Waals surface area contributed by atoms with E-state index in [1.807, 2.05) is 38.1 Å². The third kappa shape index (κ3) is 5.21. The molecule has 2 aromatic rings. The van der Waals surface area contributed by atoms with Crippen molar-refractivity contribution in [3.8, 4) is 11.5 Å². The van der Waals surface area contributed by atoms with Gasteiger partial charge in [-0.2, -0.15) is 0 Å². The molecule has 2 rings (SSSR count). The number of anilines is 2. The molecule has 1 amide bonds. The molecule has 0 aliphatic rings. The number of methoxy groups -OCH3 is 1. The fraction of sp³-hybridized carbons (Fsp3) is 0.278. The maximum Gasteiger partial charge on any atom is 0.243 e. The van der Waals surface area contributed by atoms with Crippen LogP contribution in [0, 0.1) is 0 Å². The minimum absolute atomic E-state index is 0.0751. The summed E-state index contributed by atoms with van der Waals surface area (Å²) >= 11 is 0. The number of hydrogen-bond donors (Lipinski definition) is 2. The molecule has 0 aromatic heterocycles. The van der Waals surface area contributed by atoms with Crippen LogP contribution < -0.4 is 20.1 Å². The van der Waals surface area contributed by atoms with Crippen molar-refractivity contribution in [3.63, 3.8) is 0 Å². The molecule has 0 radical (unpaired) electrons. The van der Waals surface area contributed by atoms with Gasteiger partial charge in [-0.3, -0.25) is 4.79 Å². The van der Waals surface area contributed by atoms with Gasteiger partial charge in [0.1, 0.15) is 11.5 Å². The molecule has 0 bridgehead atoms. The molecule has 23 heavy (non-hydrogen) atoms. The average molecular weight is 314 g/mol. The standard InChI is InChI=1S/C18H22N2O3/c1-13(2)23-17-7-5-4-6-16(17)19-12-18(21)20-14-8-10-15(22-3)11-9-14/h4-11,13,19H,12H2,1-3H3,(H,20,21). The second-order valence-corrected chi connectivity index (χ2v) is 5.29. The lowest BCUT2D eigenvalue weighted by Crippen LogP contribution is -2.22. The second kappa shape index (κ2) is 8.08. The summed E-state index contributed by atoms with van der Waals surface area (Å²) in [5, 5.41) is 5.93. The molecular weight excluding hydrogens is 292 g/mol. The molecule has 0 saturated carbocycles. The number of rotatable bonds is 7. The summed E-state index contributed by atoms with van der Waals surface area (Å²) in [6.45, 7) is 4.09. The lowest BCUT2D eigenvalue weighted by molar-refractivity contribution is -0.114. The molecule has 0 fully saturated rings. The van der Waals surface area contributed by atoms with Crippen molar-refractivity contribution in [3.05, 3.63) is 48.5 Å². The predicted octanol–water partition coefficient (Wildman–Crippen LogP) is 3.53. The van der Waals surface area contributed by atoms with E-state index < -0.39 is 0 Å². The highest BCUT2D eigenvalue weighted by molar-refractivity contribution is 5.94. The van der Waals surface area contributed by atoms with Crippen molar-refractivity contribution >= 4 is 17.3 Å². The van der Waals surface area contributed by atoms with Gasteiger partial charge < -0.3 is 20.1 Å². The maximum atomic E-state index is 12.0. The van der Waals surface area contributed by atoms with Gasteiger partial charge in [0.05, 0.1) is 25.4 Å². The van der Waals surface area contributed by atoms with Gasteiger partial charge in [0.2, 0.25) is 5.91 Å². The van der Waals surface area contributed by atoms with E-state index in [4.69, 9.17) is 9.47 Å². The summed E-state index contributed by atoms with van der Waals surface area (Å²) in [5.41, 5.74) is 1.52. The maximum absolute atomic E-state index is 12.0. The Balaban J connectivity index is 1.91. The van der Waals surface area contributed by atoms with E-state index in [-0.39, 0.29) is 18.6 Å². The zero-order valence-corrected chi connectivity index (χ0v) is 13.6. The molecule has 5 heteroatoms. The number of para-hydroxylation sites is 2. The Morgan fingerprint density at radius 1 is 1.09 bits per heavy atom. The summed E-state index contributed by atoms with van der Waals surface area (Å²) in [6, 6.07) is 14.8. The lowest BCUT2D eigenvalue weighted by Gasteiger charge is -2.15. The predicted molar refractivity (Wildman–Crippen MR) is 92.3 cm³/mol. The molecule has 0 aliphatic carbocycles. The van der Waals surface area contributed by atoms with Gasteiger partial charge in [0, 0.05) is 5.69 Å². The molecule has 5 nitrogen and oxygen atoms in total. The van der Waals surface area contributed by atoms with Crippen molar-refractivity contribution in [2.45, 2.75) is 20.0 Å². The Hall–Kier alpha value is -2.69. The van der Waals surface area contributed by atoms with Crippen LogP contribution in [-0.2, 0) is 4.79 Å². The van der Waals surface area contributed by atoms with Crippen molar-refractivity contribution in [2.24, 2.45) is 0 Å². The van der Waals surface area contributed by atoms with Crippen LogP contribution in [-0.4, -0.2) is 25.7 Å². The fourth-order valence-electron chi connectivity index (χ4n) is 2.02. The van der Waals surface area contributed by atoms with E-state index in [0.29, 0.717) is 0 Å². The van der Waals surface area contributed by atoms with E-state index in [0.717, 1.165) is 22.9 Å². The largest absolute Gasteiger partial charge is 0.497 e. The molecule has 0 heterocycles. The van der Waals surface area contributed by atoms with E-state index in [9.17, 15) is 4.79 Å². The van der Waals surface area contributed by atoms with E-state index >= 15 is 0 Å². The Morgan fingerprint density at radius 3 is 2.43 bits per heavy atom. The summed E-state index contributed by atoms with van der Waals surface area (Å²) < 4.78 is 10.8. The normalized spacial score (nSPS) is 10.3. The average Bonchev–Trinajstić information content (AvgIpc) is 2.54. The lowest BCUT2D eigenvalue weighted by atomic mass is 10.2. The van der Waals surface area contributed by atoms with Crippen molar-refractivity contribution < 1.29 is 14.3 Å². The first kappa shape index (κ1) is 16.7. The minimum Gasteiger partial charge on any atom is -0.497 e. The number of amides is 1. The summed E-state index contributed by atoms with van der Waals surface area (Å²) in [7, 11) is 1.61. The van der Waals surface area contributed by atoms with Crippen LogP contribution in [0.5, 0.6) is 11.5 Å². The molecule has 2 aromatic carbocycles. The van der Waals surface area contributed by atoms with Gasteiger partial charge in [-0.15, -0.1) is 0 Å². The molecule has 122 valence electrons. The molecule has 0 aliphatic heterocycles. The minimum atomic E-state index is -0.130. The van der Waals surface area contributed by atoms with Gasteiger partial charge in [-0.05, 0) is 50.2 Å². The van der Waals surface area contributed by atoms with Crippen LogP contribution in [0.1, 0.15) is 13.8 Å². The fourth-order valence-corrected chi connectivity index (χ4v) is 2.02. The van der Waals surface area contributed by atoms with Gasteiger partial charge in [-0.1, -0.05) is 12.1 Å². The molecular formula is C18H22N2O3. The summed E-state index contributed by atoms with van der Waals surface area (Å²) in [5.74, 6) is 1.36. The highest BCUT2D eigenvalue weighted by atomic mass is 16.5. The third-order valence-corrected chi connectivity index (χ3v) is 3.06. The SMILES string of the molecule is COc1ccc(NC(=O)CNc2ccccc2OC(C)C)cc1. The number of hydrogen-bond acceptors (Lipinski definition) is 4. The first-order chi connectivity index (χ1) is 11.1. The third-order valence-electron chi connectivity index (χ3n) is 3.06. The van der Waals surface area contributed by atoms with Crippen LogP contribution in [0.4, 0.5) is 11.4 Å². The van der Waals surface area contributed by atoms with Crippen LogP contribution >= 0.6 is 0 Å². The number of benzene rings is 2. The Labute approximate surface area is 136 Å². The molecule has 0 spiro atoms. The van der Waals surface area contributed by atoms with Crippen molar-refractivity contribution in [1.29, 1.82) is 0 Å². The number of carbonyl (C=O) groups excluding carboxylic acids is 1. The molecule has 0 saturated heterocycles. The zero-order valence-electron chi connectivity index (χ0n) is 13.6.